The highest BCUT2D eigenvalue weighted by Crippen LogP contribution is 2.37. The van der Waals surface area contributed by atoms with Crippen molar-refractivity contribution in [2.45, 2.75) is 39.2 Å². The van der Waals surface area contributed by atoms with E-state index in [4.69, 9.17) is 0 Å². The predicted octanol–water partition coefficient (Wildman–Crippen LogP) is 2.25. The van der Waals surface area contributed by atoms with E-state index < -0.39 is 0 Å². The molecule has 0 unspecified atom stereocenters. The number of hydrogen-bond donors (Lipinski definition) is 0. The van der Waals surface area contributed by atoms with E-state index in [9.17, 15) is 4.79 Å². The van der Waals surface area contributed by atoms with Gasteiger partial charge in [-0.1, -0.05) is 6.92 Å². The first-order valence-electron chi connectivity index (χ1n) is 7.16. The van der Waals surface area contributed by atoms with Gasteiger partial charge in [0.05, 0.1) is 6.54 Å². The molecule has 1 saturated carbocycles. The van der Waals surface area contributed by atoms with Crippen molar-refractivity contribution in [3.8, 4) is 0 Å². The van der Waals surface area contributed by atoms with Crippen LogP contribution in [-0.4, -0.2) is 34.3 Å². The van der Waals surface area contributed by atoms with Crippen molar-refractivity contribution in [3.63, 3.8) is 0 Å². The molecule has 0 atom stereocenters. The highest BCUT2D eigenvalue weighted by molar-refractivity contribution is 5.60. The molecule has 1 aliphatic carbocycles. The van der Waals surface area contributed by atoms with Crippen LogP contribution in [0.25, 0.3) is 0 Å². The number of aryl methyl sites for hydroxylation is 1. The number of carbonyl (C=O) groups is 1. The quantitative estimate of drug-likeness (QED) is 0.765. The Kier molecular flexibility index (Phi) is 4.40. The molecule has 4 heteroatoms. The Bertz CT molecular complexity index is 419. The summed E-state index contributed by atoms with van der Waals surface area (Å²) in [5, 5.41) is 0. The summed E-state index contributed by atoms with van der Waals surface area (Å²) in [5.41, 5.74) is -0.133. The van der Waals surface area contributed by atoms with Gasteiger partial charge in [0, 0.05) is 31.4 Å². The van der Waals surface area contributed by atoms with E-state index in [0.29, 0.717) is 0 Å². The van der Waals surface area contributed by atoms with Crippen molar-refractivity contribution in [2.24, 2.45) is 18.4 Å². The van der Waals surface area contributed by atoms with Gasteiger partial charge in [0.15, 0.2) is 0 Å². The van der Waals surface area contributed by atoms with Crippen LogP contribution in [0.5, 0.6) is 0 Å². The molecule has 0 aromatic carbocycles. The molecular formula is C15H25N3O. The molecule has 1 aromatic rings. The standard InChI is InChI=1S/C15H25N3O/c1-13-4-6-15(12-19,7-5-13)11-17(2)10-14-16-8-9-18(14)3/h8-9,12-13H,4-7,10-11H2,1-3H3. The van der Waals surface area contributed by atoms with Crippen molar-refractivity contribution in [1.82, 2.24) is 14.5 Å². The van der Waals surface area contributed by atoms with Crippen molar-refractivity contribution in [3.05, 3.63) is 18.2 Å². The molecule has 0 bridgehead atoms. The summed E-state index contributed by atoms with van der Waals surface area (Å²) >= 11 is 0. The summed E-state index contributed by atoms with van der Waals surface area (Å²) in [7, 11) is 4.09. The Morgan fingerprint density at radius 2 is 2.21 bits per heavy atom. The van der Waals surface area contributed by atoms with Crippen LogP contribution in [0.15, 0.2) is 12.4 Å². The van der Waals surface area contributed by atoms with E-state index >= 15 is 0 Å². The molecule has 1 aromatic heterocycles. The molecular weight excluding hydrogens is 238 g/mol. The summed E-state index contributed by atoms with van der Waals surface area (Å²) in [6.07, 6.45) is 9.39. The first-order valence-corrected chi connectivity index (χ1v) is 7.16. The Balaban J connectivity index is 1.95. The molecule has 0 saturated heterocycles. The maximum absolute atomic E-state index is 11.5. The van der Waals surface area contributed by atoms with Crippen LogP contribution in [0.1, 0.15) is 38.4 Å². The molecule has 0 radical (unpaired) electrons. The second-order valence-electron chi connectivity index (χ2n) is 6.29. The van der Waals surface area contributed by atoms with Gasteiger partial charge >= 0.3 is 0 Å². The first kappa shape index (κ1) is 14.3. The summed E-state index contributed by atoms with van der Waals surface area (Å²) in [6, 6.07) is 0. The fraction of sp³-hybridized carbons (Fsp3) is 0.733. The number of aromatic nitrogens is 2. The maximum Gasteiger partial charge on any atom is 0.127 e. The van der Waals surface area contributed by atoms with E-state index in [1.807, 2.05) is 24.0 Å². The largest absolute Gasteiger partial charge is 0.337 e. The fourth-order valence-corrected chi connectivity index (χ4v) is 3.03. The van der Waals surface area contributed by atoms with E-state index in [2.05, 4.69) is 23.9 Å². The van der Waals surface area contributed by atoms with Crippen LogP contribution in [0.2, 0.25) is 0 Å². The summed E-state index contributed by atoms with van der Waals surface area (Å²) < 4.78 is 2.03. The monoisotopic (exact) mass is 263 g/mol. The second-order valence-corrected chi connectivity index (χ2v) is 6.29. The van der Waals surface area contributed by atoms with E-state index in [0.717, 1.165) is 37.7 Å². The summed E-state index contributed by atoms with van der Waals surface area (Å²) in [5.74, 6) is 1.82. The lowest BCUT2D eigenvalue weighted by atomic mass is 9.71. The van der Waals surface area contributed by atoms with Crippen molar-refractivity contribution in [2.75, 3.05) is 13.6 Å². The summed E-state index contributed by atoms with van der Waals surface area (Å²) in [6.45, 7) is 3.93. The zero-order chi connectivity index (χ0) is 13.9. The third-order valence-corrected chi connectivity index (χ3v) is 4.44. The smallest absolute Gasteiger partial charge is 0.127 e. The van der Waals surface area contributed by atoms with Gasteiger partial charge < -0.3 is 9.36 Å². The minimum atomic E-state index is -0.133. The zero-order valence-corrected chi connectivity index (χ0v) is 12.3. The average molecular weight is 263 g/mol. The lowest BCUT2D eigenvalue weighted by Crippen LogP contribution is -2.39. The predicted molar refractivity (Wildman–Crippen MR) is 75.7 cm³/mol. The van der Waals surface area contributed by atoms with E-state index in [1.165, 1.54) is 19.1 Å². The lowest BCUT2D eigenvalue weighted by molar-refractivity contribution is -0.119. The van der Waals surface area contributed by atoms with E-state index in [-0.39, 0.29) is 5.41 Å². The van der Waals surface area contributed by atoms with Crippen LogP contribution >= 0.6 is 0 Å². The van der Waals surface area contributed by atoms with Gasteiger partial charge in [0.25, 0.3) is 0 Å². The second kappa shape index (κ2) is 5.87. The first-order chi connectivity index (χ1) is 9.04. The van der Waals surface area contributed by atoms with Gasteiger partial charge in [-0.3, -0.25) is 4.90 Å². The molecule has 1 heterocycles. The van der Waals surface area contributed by atoms with E-state index in [1.54, 1.807) is 0 Å². The molecule has 1 fully saturated rings. The molecule has 2 rings (SSSR count). The van der Waals surface area contributed by atoms with Gasteiger partial charge in [0.1, 0.15) is 12.1 Å². The van der Waals surface area contributed by atoms with Crippen LogP contribution in [0.4, 0.5) is 0 Å². The van der Waals surface area contributed by atoms with Crippen molar-refractivity contribution < 1.29 is 4.79 Å². The number of hydrogen-bond acceptors (Lipinski definition) is 3. The topological polar surface area (TPSA) is 38.1 Å². The Labute approximate surface area is 115 Å². The number of nitrogens with zero attached hydrogens (tertiary/aromatic N) is 3. The minimum absolute atomic E-state index is 0.133. The number of aldehydes is 1. The highest BCUT2D eigenvalue weighted by Gasteiger charge is 2.35. The van der Waals surface area contributed by atoms with Crippen LogP contribution in [0, 0.1) is 11.3 Å². The van der Waals surface area contributed by atoms with Gasteiger partial charge in [-0.2, -0.15) is 0 Å². The van der Waals surface area contributed by atoms with Crippen LogP contribution < -0.4 is 0 Å². The van der Waals surface area contributed by atoms with Gasteiger partial charge in [0.2, 0.25) is 0 Å². The maximum atomic E-state index is 11.5. The molecule has 19 heavy (non-hydrogen) atoms. The van der Waals surface area contributed by atoms with Crippen LogP contribution in [0.3, 0.4) is 0 Å². The normalized spacial score (nSPS) is 27.7. The molecule has 106 valence electrons. The third kappa shape index (κ3) is 3.44. The zero-order valence-electron chi connectivity index (χ0n) is 12.3. The Hall–Kier alpha value is -1.16. The number of imidazole rings is 1. The molecule has 0 amide bonds. The molecule has 0 spiro atoms. The minimum Gasteiger partial charge on any atom is -0.337 e. The fourth-order valence-electron chi connectivity index (χ4n) is 3.03. The average Bonchev–Trinajstić information content (AvgIpc) is 2.78. The molecule has 0 N–H and O–H groups in total. The SMILES string of the molecule is CC1CCC(C=O)(CN(C)Cc2nccn2C)CC1. The molecule has 1 aliphatic rings. The van der Waals surface area contributed by atoms with Crippen molar-refractivity contribution in [1.29, 1.82) is 0 Å². The molecule has 0 aliphatic heterocycles. The van der Waals surface area contributed by atoms with Gasteiger partial charge in [-0.15, -0.1) is 0 Å². The highest BCUT2D eigenvalue weighted by atomic mass is 16.1. The van der Waals surface area contributed by atoms with Crippen molar-refractivity contribution >= 4 is 6.29 Å². The number of rotatable bonds is 5. The Morgan fingerprint density at radius 1 is 1.53 bits per heavy atom. The third-order valence-electron chi connectivity index (χ3n) is 4.44. The number of carbonyl (C=O) groups excluding carboxylic acids is 1. The van der Waals surface area contributed by atoms with Gasteiger partial charge in [-0.25, -0.2) is 4.98 Å². The lowest BCUT2D eigenvalue weighted by Gasteiger charge is -2.37. The summed E-state index contributed by atoms with van der Waals surface area (Å²) in [4.78, 5) is 18.1. The Morgan fingerprint density at radius 3 is 2.74 bits per heavy atom. The van der Waals surface area contributed by atoms with Crippen LogP contribution in [-0.2, 0) is 18.4 Å². The molecule has 4 nitrogen and oxygen atoms in total. The van der Waals surface area contributed by atoms with Gasteiger partial charge in [-0.05, 0) is 38.6 Å².